The summed E-state index contributed by atoms with van der Waals surface area (Å²) in [6.45, 7) is 0. The van der Waals surface area contributed by atoms with Crippen LogP contribution in [0, 0.1) is 0 Å². The largest absolute Gasteiger partial charge is 0.497 e. The number of methoxy groups -OCH3 is 1. The molecule has 0 unspecified atom stereocenters. The van der Waals surface area contributed by atoms with E-state index < -0.39 is 0 Å². The molecule has 0 spiro atoms. The molecule has 3 nitrogen and oxygen atoms in total. The van der Waals surface area contributed by atoms with Crippen molar-refractivity contribution in [2.75, 3.05) is 7.11 Å². The summed E-state index contributed by atoms with van der Waals surface area (Å²) in [5, 5.41) is 1.23. The summed E-state index contributed by atoms with van der Waals surface area (Å²) < 4.78 is 5.24. The fourth-order valence-corrected chi connectivity index (χ4v) is 3.66. The van der Waals surface area contributed by atoms with Crippen LogP contribution in [0.1, 0.15) is 16.4 Å². The number of nitrogens with zero attached hydrogens (tertiary/aromatic N) is 1. The fourth-order valence-electron chi connectivity index (χ4n) is 2.55. The molecule has 0 saturated heterocycles. The fraction of sp³-hybridized carbons (Fsp3) is 0.0952. The SMILES string of the molecule is COc1cccc(N=C(N)S[C@H](c2ccccc2)c2ccc(Cl)cc2)c1. The highest BCUT2D eigenvalue weighted by Crippen LogP contribution is 2.36. The molecule has 2 N–H and O–H groups in total. The molecule has 0 aliphatic heterocycles. The first-order valence-corrected chi connectivity index (χ1v) is 9.37. The summed E-state index contributed by atoms with van der Waals surface area (Å²) >= 11 is 7.55. The maximum atomic E-state index is 6.25. The van der Waals surface area contributed by atoms with Crippen LogP contribution in [0.25, 0.3) is 0 Å². The van der Waals surface area contributed by atoms with E-state index in [1.54, 1.807) is 7.11 Å². The van der Waals surface area contributed by atoms with E-state index in [0.717, 1.165) is 22.6 Å². The molecule has 3 aromatic carbocycles. The van der Waals surface area contributed by atoms with Crippen molar-refractivity contribution in [3.63, 3.8) is 0 Å². The third-order valence-corrected chi connectivity index (χ3v) is 5.17. The van der Waals surface area contributed by atoms with Crippen molar-refractivity contribution in [1.82, 2.24) is 0 Å². The number of rotatable bonds is 5. The number of hydrogen-bond acceptors (Lipinski definition) is 3. The van der Waals surface area contributed by atoms with E-state index in [0.29, 0.717) is 10.2 Å². The summed E-state index contributed by atoms with van der Waals surface area (Å²) in [7, 11) is 1.63. The predicted molar refractivity (Wildman–Crippen MR) is 112 cm³/mol. The van der Waals surface area contributed by atoms with Crippen LogP contribution in [0.5, 0.6) is 5.75 Å². The molecule has 0 aromatic heterocycles. The smallest absolute Gasteiger partial charge is 0.160 e. The lowest BCUT2D eigenvalue weighted by molar-refractivity contribution is 0.415. The zero-order chi connectivity index (χ0) is 18.4. The lowest BCUT2D eigenvalue weighted by atomic mass is 10.0. The molecule has 0 heterocycles. The molecule has 0 fully saturated rings. The highest BCUT2D eigenvalue weighted by molar-refractivity contribution is 8.14. The molecule has 132 valence electrons. The van der Waals surface area contributed by atoms with Gasteiger partial charge >= 0.3 is 0 Å². The Balaban J connectivity index is 1.89. The first kappa shape index (κ1) is 18.4. The molecule has 0 radical (unpaired) electrons. The molecule has 3 aromatic rings. The van der Waals surface area contributed by atoms with Crippen molar-refractivity contribution < 1.29 is 4.74 Å². The van der Waals surface area contributed by atoms with Crippen LogP contribution < -0.4 is 10.5 Å². The van der Waals surface area contributed by atoms with Crippen LogP contribution in [-0.4, -0.2) is 12.3 Å². The Labute approximate surface area is 162 Å². The molecule has 1 atom stereocenters. The molecule has 5 heteroatoms. The van der Waals surface area contributed by atoms with Crippen LogP contribution in [0.15, 0.2) is 83.9 Å². The van der Waals surface area contributed by atoms with Gasteiger partial charge in [0.2, 0.25) is 0 Å². The van der Waals surface area contributed by atoms with Gasteiger partial charge in [0.25, 0.3) is 0 Å². The number of halogens is 1. The van der Waals surface area contributed by atoms with Gasteiger partial charge in [-0.3, -0.25) is 0 Å². The van der Waals surface area contributed by atoms with Crippen molar-refractivity contribution in [1.29, 1.82) is 0 Å². The maximum Gasteiger partial charge on any atom is 0.160 e. The Bertz CT molecular complexity index is 882. The number of aliphatic imine (C=N–C) groups is 1. The topological polar surface area (TPSA) is 47.6 Å². The van der Waals surface area contributed by atoms with E-state index in [1.807, 2.05) is 66.7 Å². The number of nitrogens with two attached hydrogens (primary N) is 1. The van der Waals surface area contributed by atoms with Crippen LogP contribution in [0.4, 0.5) is 5.69 Å². The van der Waals surface area contributed by atoms with Gasteiger partial charge in [-0.1, -0.05) is 71.9 Å². The standard InChI is InChI=1S/C21H19ClN2OS/c1-25-19-9-5-8-18(14-19)24-21(23)26-20(15-6-3-2-4-7-15)16-10-12-17(22)13-11-16/h2-14,20H,1H3,(H2,23,24)/t20-/m1/s1. The molecular weight excluding hydrogens is 364 g/mol. The molecule has 3 rings (SSSR count). The van der Waals surface area contributed by atoms with E-state index in [2.05, 4.69) is 17.1 Å². The second-order valence-corrected chi connectivity index (χ2v) is 7.17. The predicted octanol–water partition coefficient (Wildman–Crippen LogP) is 5.82. The van der Waals surface area contributed by atoms with Gasteiger partial charge < -0.3 is 10.5 Å². The highest BCUT2D eigenvalue weighted by atomic mass is 35.5. The first-order chi connectivity index (χ1) is 12.7. The second-order valence-electron chi connectivity index (χ2n) is 5.61. The monoisotopic (exact) mass is 382 g/mol. The minimum Gasteiger partial charge on any atom is -0.497 e. The van der Waals surface area contributed by atoms with Gasteiger partial charge in [-0.2, -0.15) is 0 Å². The Kier molecular flexibility index (Phi) is 6.21. The molecule has 0 saturated carbocycles. The Hall–Kier alpha value is -2.43. The maximum absolute atomic E-state index is 6.25. The van der Waals surface area contributed by atoms with Crippen LogP contribution in [0.2, 0.25) is 5.02 Å². The Morgan fingerprint density at radius 1 is 0.962 bits per heavy atom. The third-order valence-electron chi connectivity index (χ3n) is 3.81. The van der Waals surface area contributed by atoms with E-state index in [9.17, 15) is 0 Å². The van der Waals surface area contributed by atoms with Gasteiger partial charge in [0, 0.05) is 11.1 Å². The van der Waals surface area contributed by atoms with Gasteiger partial charge in [0.1, 0.15) is 5.75 Å². The molecule has 0 aliphatic carbocycles. The molecule has 26 heavy (non-hydrogen) atoms. The van der Waals surface area contributed by atoms with Gasteiger partial charge in [0.15, 0.2) is 5.17 Å². The third kappa shape index (κ3) is 4.81. The lowest BCUT2D eigenvalue weighted by Gasteiger charge is -2.17. The van der Waals surface area contributed by atoms with E-state index in [4.69, 9.17) is 22.1 Å². The lowest BCUT2D eigenvalue weighted by Crippen LogP contribution is -2.10. The van der Waals surface area contributed by atoms with Crippen molar-refractivity contribution in [3.05, 3.63) is 95.0 Å². The average Bonchev–Trinajstić information content (AvgIpc) is 2.68. The van der Waals surface area contributed by atoms with Crippen molar-refractivity contribution in [3.8, 4) is 5.75 Å². The summed E-state index contributed by atoms with van der Waals surface area (Å²) in [5.41, 5.74) is 9.29. The number of thioether (sulfide) groups is 1. The number of amidine groups is 1. The second kappa shape index (κ2) is 8.79. The van der Waals surface area contributed by atoms with E-state index >= 15 is 0 Å². The molecule has 0 bridgehead atoms. The van der Waals surface area contributed by atoms with Crippen LogP contribution in [-0.2, 0) is 0 Å². The minimum absolute atomic E-state index is 0.0304. The molecular formula is C21H19ClN2OS. The molecule has 0 amide bonds. The summed E-state index contributed by atoms with van der Waals surface area (Å²) in [5.74, 6) is 0.751. The van der Waals surface area contributed by atoms with Crippen molar-refractivity contribution in [2.45, 2.75) is 5.25 Å². The molecule has 0 aliphatic rings. The van der Waals surface area contributed by atoms with Crippen LogP contribution in [0.3, 0.4) is 0 Å². The zero-order valence-electron chi connectivity index (χ0n) is 14.3. The average molecular weight is 383 g/mol. The number of benzene rings is 3. The van der Waals surface area contributed by atoms with Gasteiger partial charge in [-0.15, -0.1) is 0 Å². The van der Waals surface area contributed by atoms with E-state index in [1.165, 1.54) is 11.8 Å². The Morgan fingerprint density at radius 3 is 2.35 bits per heavy atom. The minimum atomic E-state index is 0.0304. The van der Waals surface area contributed by atoms with Crippen LogP contribution >= 0.6 is 23.4 Å². The highest BCUT2D eigenvalue weighted by Gasteiger charge is 2.16. The number of hydrogen-bond donors (Lipinski definition) is 1. The summed E-state index contributed by atoms with van der Waals surface area (Å²) in [4.78, 5) is 4.53. The van der Waals surface area contributed by atoms with Gasteiger partial charge in [0.05, 0.1) is 18.0 Å². The van der Waals surface area contributed by atoms with Crippen molar-refractivity contribution in [2.24, 2.45) is 10.7 Å². The quantitative estimate of drug-likeness (QED) is 0.447. The summed E-state index contributed by atoms with van der Waals surface area (Å²) in [6.07, 6.45) is 0. The normalized spacial score (nSPS) is 12.6. The van der Waals surface area contributed by atoms with Gasteiger partial charge in [-0.25, -0.2) is 4.99 Å². The zero-order valence-corrected chi connectivity index (χ0v) is 15.9. The van der Waals surface area contributed by atoms with E-state index in [-0.39, 0.29) is 5.25 Å². The summed E-state index contributed by atoms with van der Waals surface area (Å²) in [6, 6.07) is 25.6. The number of ether oxygens (including phenoxy) is 1. The first-order valence-electron chi connectivity index (χ1n) is 8.11. The van der Waals surface area contributed by atoms with Crippen molar-refractivity contribution >= 4 is 34.2 Å². The Morgan fingerprint density at radius 2 is 1.65 bits per heavy atom. The van der Waals surface area contributed by atoms with Gasteiger partial charge in [-0.05, 0) is 35.4 Å².